The van der Waals surface area contributed by atoms with Crippen LogP contribution in [-0.2, 0) is 5.88 Å². The average Bonchev–Trinajstić information content (AvgIpc) is 3.05. The van der Waals surface area contributed by atoms with Crippen LogP contribution in [0, 0.1) is 0 Å². The minimum absolute atomic E-state index is 0.216. The fraction of sp³-hybridized carbons (Fsp3) is 0.333. The van der Waals surface area contributed by atoms with Crippen LogP contribution in [0.3, 0.4) is 0 Å². The molecule has 0 fully saturated rings. The van der Waals surface area contributed by atoms with Crippen molar-refractivity contribution in [1.82, 2.24) is 24.7 Å². The van der Waals surface area contributed by atoms with E-state index in [1.165, 1.54) is 0 Å². The number of nitrogens with zero attached hydrogens (tertiary/aromatic N) is 5. The Bertz CT molecular complexity index is 718. The third-order valence-corrected chi connectivity index (χ3v) is 3.05. The Morgan fingerprint density at radius 1 is 1.37 bits per heavy atom. The number of hydrogen-bond donors (Lipinski definition) is 0. The van der Waals surface area contributed by atoms with E-state index in [1.54, 1.807) is 0 Å². The highest BCUT2D eigenvalue weighted by Gasteiger charge is 2.16. The zero-order valence-corrected chi connectivity index (χ0v) is 11.3. The molecule has 0 aromatic carbocycles. The van der Waals surface area contributed by atoms with Crippen molar-refractivity contribution in [3.8, 4) is 11.5 Å². The third-order valence-electron chi connectivity index (χ3n) is 2.81. The summed E-state index contributed by atoms with van der Waals surface area (Å²) in [4.78, 5) is 4.37. The molecule has 0 saturated carbocycles. The van der Waals surface area contributed by atoms with Crippen molar-refractivity contribution in [1.29, 1.82) is 0 Å². The monoisotopic (exact) mass is 277 g/mol. The fourth-order valence-corrected chi connectivity index (χ4v) is 1.98. The van der Waals surface area contributed by atoms with Gasteiger partial charge in [0.2, 0.25) is 0 Å². The number of rotatable bonds is 3. The van der Waals surface area contributed by atoms with Crippen LogP contribution in [-0.4, -0.2) is 24.7 Å². The standard InChI is InChI=1S/C12H12ClN5O/c1-7(2)10-14-12(19-17-10)8-4-3-5-18-9(6-13)15-16-11(8)18/h3-5,7H,6H2,1-2H3. The van der Waals surface area contributed by atoms with Crippen LogP contribution in [0.25, 0.3) is 17.1 Å². The highest BCUT2D eigenvalue weighted by atomic mass is 35.5. The summed E-state index contributed by atoms with van der Waals surface area (Å²) >= 11 is 5.82. The SMILES string of the molecule is CC(C)c1noc(-c2cccn3c(CCl)nnc23)n1. The predicted molar refractivity (Wildman–Crippen MR) is 69.9 cm³/mol. The van der Waals surface area contributed by atoms with Crippen molar-refractivity contribution >= 4 is 17.2 Å². The molecule has 0 aliphatic carbocycles. The van der Waals surface area contributed by atoms with Gasteiger partial charge in [0, 0.05) is 12.1 Å². The highest BCUT2D eigenvalue weighted by molar-refractivity contribution is 6.16. The first-order chi connectivity index (χ1) is 9.20. The molecular formula is C12H12ClN5O. The molecule has 0 saturated heterocycles. The van der Waals surface area contributed by atoms with Gasteiger partial charge in [-0.3, -0.25) is 4.40 Å². The van der Waals surface area contributed by atoms with E-state index in [0.29, 0.717) is 29.1 Å². The molecule has 0 atom stereocenters. The van der Waals surface area contributed by atoms with E-state index in [2.05, 4.69) is 20.3 Å². The maximum absolute atomic E-state index is 5.82. The first kappa shape index (κ1) is 12.1. The lowest BCUT2D eigenvalue weighted by atomic mass is 10.2. The fourth-order valence-electron chi connectivity index (χ4n) is 1.80. The maximum Gasteiger partial charge on any atom is 0.261 e. The summed E-state index contributed by atoms with van der Waals surface area (Å²) in [5, 5.41) is 12.1. The Labute approximate surface area is 114 Å². The van der Waals surface area contributed by atoms with Crippen molar-refractivity contribution in [2.24, 2.45) is 0 Å². The van der Waals surface area contributed by atoms with Crippen LogP contribution >= 0.6 is 11.6 Å². The van der Waals surface area contributed by atoms with E-state index < -0.39 is 0 Å². The van der Waals surface area contributed by atoms with E-state index in [-0.39, 0.29) is 5.92 Å². The molecule has 0 spiro atoms. The van der Waals surface area contributed by atoms with Crippen LogP contribution in [0.2, 0.25) is 0 Å². The lowest BCUT2D eigenvalue weighted by Gasteiger charge is -1.98. The van der Waals surface area contributed by atoms with Crippen LogP contribution in [0.1, 0.15) is 31.4 Å². The molecule has 3 aromatic heterocycles. The van der Waals surface area contributed by atoms with E-state index in [9.17, 15) is 0 Å². The van der Waals surface area contributed by atoms with Gasteiger partial charge in [-0.1, -0.05) is 19.0 Å². The molecule has 0 N–H and O–H groups in total. The lowest BCUT2D eigenvalue weighted by Crippen LogP contribution is -1.93. The summed E-state index contributed by atoms with van der Waals surface area (Å²) in [6, 6.07) is 3.75. The molecule has 6 nitrogen and oxygen atoms in total. The predicted octanol–water partition coefficient (Wildman–Crippen LogP) is 2.64. The summed E-state index contributed by atoms with van der Waals surface area (Å²) < 4.78 is 7.11. The Morgan fingerprint density at radius 2 is 2.21 bits per heavy atom. The van der Waals surface area contributed by atoms with E-state index in [4.69, 9.17) is 16.1 Å². The van der Waals surface area contributed by atoms with Crippen LogP contribution in [0.5, 0.6) is 0 Å². The van der Waals surface area contributed by atoms with Gasteiger partial charge in [0.1, 0.15) is 0 Å². The molecule has 0 unspecified atom stereocenters. The van der Waals surface area contributed by atoms with Gasteiger partial charge in [-0.25, -0.2) is 0 Å². The van der Waals surface area contributed by atoms with Gasteiger partial charge in [-0.05, 0) is 12.1 Å². The van der Waals surface area contributed by atoms with E-state index in [1.807, 2.05) is 36.6 Å². The van der Waals surface area contributed by atoms with Gasteiger partial charge in [-0.15, -0.1) is 21.8 Å². The first-order valence-electron chi connectivity index (χ1n) is 5.93. The van der Waals surface area contributed by atoms with Crippen molar-refractivity contribution in [3.63, 3.8) is 0 Å². The number of halogens is 1. The molecule has 3 heterocycles. The quantitative estimate of drug-likeness (QED) is 0.688. The van der Waals surface area contributed by atoms with Crippen LogP contribution < -0.4 is 0 Å². The molecule has 0 bridgehead atoms. The van der Waals surface area contributed by atoms with Gasteiger partial charge in [-0.2, -0.15) is 4.98 Å². The Kier molecular flexibility index (Phi) is 2.94. The second kappa shape index (κ2) is 4.62. The topological polar surface area (TPSA) is 69.1 Å². The summed E-state index contributed by atoms with van der Waals surface area (Å²) in [7, 11) is 0. The molecule has 19 heavy (non-hydrogen) atoms. The lowest BCUT2D eigenvalue weighted by molar-refractivity contribution is 0.419. The van der Waals surface area contributed by atoms with Gasteiger partial charge >= 0.3 is 0 Å². The Morgan fingerprint density at radius 3 is 2.89 bits per heavy atom. The Balaban J connectivity index is 2.16. The average molecular weight is 278 g/mol. The van der Waals surface area contributed by atoms with Crippen molar-refractivity contribution in [2.45, 2.75) is 25.6 Å². The van der Waals surface area contributed by atoms with Crippen LogP contribution in [0.15, 0.2) is 22.9 Å². The third kappa shape index (κ3) is 1.98. The van der Waals surface area contributed by atoms with Gasteiger partial charge in [0.15, 0.2) is 17.3 Å². The molecule has 98 valence electrons. The van der Waals surface area contributed by atoms with Crippen LogP contribution in [0.4, 0.5) is 0 Å². The molecule has 7 heteroatoms. The second-order valence-electron chi connectivity index (χ2n) is 4.48. The summed E-state index contributed by atoms with van der Waals surface area (Å²) in [6.07, 6.45) is 1.86. The van der Waals surface area contributed by atoms with Gasteiger partial charge < -0.3 is 4.52 Å². The zero-order valence-electron chi connectivity index (χ0n) is 10.5. The minimum atomic E-state index is 0.216. The molecular weight excluding hydrogens is 266 g/mol. The van der Waals surface area contributed by atoms with Crippen molar-refractivity contribution in [2.75, 3.05) is 0 Å². The van der Waals surface area contributed by atoms with Gasteiger partial charge in [0.25, 0.3) is 5.89 Å². The molecule has 0 aliphatic rings. The molecule has 0 amide bonds. The maximum atomic E-state index is 5.82. The van der Waals surface area contributed by atoms with Crippen molar-refractivity contribution in [3.05, 3.63) is 30.0 Å². The molecule has 0 radical (unpaired) electrons. The number of alkyl halides is 1. The highest BCUT2D eigenvalue weighted by Crippen LogP contribution is 2.24. The number of pyridine rings is 1. The second-order valence-corrected chi connectivity index (χ2v) is 4.75. The zero-order chi connectivity index (χ0) is 13.4. The Hall–Kier alpha value is -1.95. The largest absolute Gasteiger partial charge is 0.334 e. The number of fused-ring (bicyclic) bond motifs is 1. The summed E-state index contributed by atoms with van der Waals surface area (Å²) in [5.41, 5.74) is 1.42. The van der Waals surface area contributed by atoms with E-state index >= 15 is 0 Å². The minimum Gasteiger partial charge on any atom is -0.334 e. The first-order valence-corrected chi connectivity index (χ1v) is 6.46. The normalized spacial score (nSPS) is 11.6. The molecule has 3 aromatic rings. The van der Waals surface area contributed by atoms with Gasteiger partial charge in [0.05, 0.1) is 11.4 Å². The summed E-state index contributed by atoms with van der Waals surface area (Å²) in [5.74, 6) is 2.32. The van der Waals surface area contributed by atoms with E-state index in [0.717, 1.165) is 5.56 Å². The number of hydrogen-bond acceptors (Lipinski definition) is 5. The molecule has 3 rings (SSSR count). The van der Waals surface area contributed by atoms with Crippen molar-refractivity contribution < 1.29 is 4.52 Å². The molecule has 0 aliphatic heterocycles. The number of aromatic nitrogens is 5. The summed E-state index contributed by atoms with van der Waals surface area (Å²) in [6.45, 7) is 4.02. The smallest absolute Gasteiger partial charge is 0.261 e.